The lowest BCUT2D eigenvalue weighted by Gasteiger charge is -2.22. The van der Waals surface area contributed by atoms with Gasteiger partial charge >= 0.3 is 24.3 Å². The zero-order valence-corrected chi connectivity index (χ0v) is 16.3. The zero-order valence-electron chi connectivity index (χ0n) is 16.3. The van der Waals surface area contributed by atoms with Crippen molar-refractivity contribution in [3.63, 3.8) is 0 Å². The second kappa shape index (κ2) is 12.2. The number of carbonyl (C=O) groups is 4. The summed E-state index contributed by atoms with van der Waals surface area (Å²) in [6.07, 6.45) is -7.94. The van der Waals surface area contributed by atoms with E-state index < -0.39 is 48.7 Å². The van der Waals surface area contributed by atoms with E-state index in [-0.39, 0.29) is 26.0 Å². The molecule has 172 valence electrons. The molecular weight excluding hydrogens is 425 g/mol. The first-order chi connectivity index (χ1) is 14.5. The van der Waals surface area contributed by atoms with Crippen LogP contribution in [0.2, 0.25) is 0 Å². The molecule has 0 heterocycles. The maximum atomic E-state index is 12.8. The largest absolute Gasteiger partial charge is 0.480 e. The summed E-state index contributed by atoms with van der Waals surface area (Å²) in [6, 6.07) is 3.82. The number of carbonyl (C=O) groups excluding carboxylic acids is 3. The Morgan fingerprint density at radius 3 is 2.26 bits per heavy atom. The second-order valence-corrected chi connectivity index (χ2v) is 6.41. The van der Waals surface area contributed by atoms with Crippen LogP contribution in [-0.4, -0.2) is 53.9 Å². The number of halogens is 3. The van der Waals surface area contributed by atoms with Crippen LogP contribution < -0.4 is 21.7 Å². The van der Waals surface area contributed by atoms with Crippen LogP contribution in [0.25, 0.3) is 0 Å². The Balaban J connectivity index is 2.71. The monoisotopic (exact) mass is 448 g/mol. The summed E-state index contributed by atoms with van der Waals surface area (Å²) in [6.45, 7) is -0.233. The van der Waals surface area contributed by atoms with E-state index in [1.807, 2.05) is 10.6 Å². The van der Waals surface area contributed by atoms with Crippen LogP contribution in [0.4, 0.5) is 22.8 Å². The van der Waals surface area contributed by atoms with Gasteiger partial charge < -0.3 is 31.5 Å². The maximum Gasteiger partial charge on any atom is 0.408 e. The predicted molar refractivity (Wildman–Crippen MR) is 101 cm³/mol. The van der Waals surface area contributed by atoms with Crippen LogP contribution in [-0.2, 0) is 20.9 Å². The normalized spacial score (nSPS) is 12.9. The zero-order chi connectivity index (χ0) is 23.4. The molecule has 0 aliphatic carbocycles. The molecular formula is C18H23F3N4O6. The molecule has 0 fully saturated rings. The molecule has 0 saturated carbocycles. The van der Waals surface area contributed by atoms with E-state index in [0.29, 0.717) is 5.56 Å². The lowest BCUT2D eigenvalue weighted by atomic mass is 10.1. The van der Waals surface area contributed by atoms with Crippen molar-refractivity contribution in [3.8, 4) is 0 Å². The highest BCUT2D eigenvalue weighted by molar-refractivity contribution is 5.89. The van der Waals surface area contributed by atoms with Crippen molar-refractivity contribution in [1.29, 1.82) is 0 Å². The standard InChI is InChI=1S/C18H23F3N4O6/c19-18(20,21)9-13(25-17(30)31-10-11-5-2-1-3-6-11)14(26)24-12(15(27)28)7-4-8-23-16(22)29/h1-3,5-6,12-13H,4,7-10H2,(H,24,26)(H,25,30)(H,27,28)(H3,22,23,29)/t12-,13?/m0/s1. The molecule has 1 unspecified atom stereocenters. The number of carboxylic acids is 1. The highest BCUT2D eigenvalue weighted by Crippen LogP contribution is 2.22. The number of nitrogens with two attached hydrogens (primary N) is 1. The molecule has 1 aromatic rings. The highest BCUT2D eigenvalue weighted by Gasteiger charge is 2.37. The van der Waals surface area contributed by atoms with Gasteiger partial charge in [0.15, 0.2) is 0 Å². The minimum absolute atomic E-state index is 0.00499. The van der Waals surface area contributed by atoms with E-state index in [2.05, 4.69) is 5.32 Å². The van der Waals surface area contributed by atoms with Crippen molar-refractivity contribution in [2.75, 3.05) is 6.54 Å². The first-order valence-electron chi connectivity index (χ1n) is 9.08. The molecule has 31 heavy (non-hydrogen) atoms. The van der Waals surface area contributed by atoms with Crippen LogP contribution in [0.3, 0.4) is 0 Å². The number of hydrogen-bond donors (Lipinski definition) is 5. The number of aliphatic carboxylic acids is 1. The summed E-state index contributed by atoms with van der Waals surface area (Å²) in [5.74, 6) is -2.84. The van der Waals surface area contributed by atoms with Crippen molar-refractivity contribution in [2.45, 2.75) is 44.1 Å². The van der Waals surface area contributed by atoms with Crippen LogP contribution in [0.1, 0.15) is 24.8 Å². The SMILES string of the molecule is NC(=O)NCCC[C@H](NC(=O)C(CC(F)(F)F)NC(=O)OCc1ccccc1)C(=O)O. The van der Waals surface area contributed by atoms with E-state index in [4.69, 9.17) is 10.5 Å². The number of rotatable bonds is 11. The number of carboxylic acid groups (broad SMARTS) is 1. The third-order valence-corrected chi connectivity index (χ3v) is 3.84. The lowest BCUT2D eigenvalue weighted by molar-refractivity contribution is -0.150. The average molecular weight is 448 g/mol. The van der Waals surface area contributed by atoms with Gasteiger partial charge in [-0.25, -0.2) is 14.4 Å². The smallest absolute Gasteiger partial charge is 0.408 e. The van der Waals surface area contributed by atoms with Crippen LogP contribution >= 0.6 is 0 Å². The van der Waals surface area contributed by atoms with Gasteiger partial charge in [0.2, 0.25) is 5.91 Å². The Bertz CT molecular complexity index is 760. The number of urea groups is 1. The van der Waals surface area contributed by atoms with Gasteiger partial charge in [-0.05, 0) is 18.4 Å². The van der Waals surface area contributed by atoms with Gasteiger partial charge in [-0.2, -0.15) is 13.2 Å². The summed E-state index contributed by atoms with van der Waals surface area (Å²) in [5, 5.41) is 15.2. The van der Waals surface area contributed by atoms with E-state index in [9.17, 15) is 37.5 Å². The van der Waals surface area contributed by atoms with Crippen molar-refractivity contribution < 1.29 is 42.2 Å². The molecule has 2 atom stereocenters. The second-order valence-electron chi connectivity index (χ2n) is 6.41. The summed E-state index contributed by atoms with van der Waals surface area (Å²) >= 11 is 0. The maximum absolute atomic E-state index is 12.8. The average Bonchev–Trinajstić information content (AvgIpc) is 2.67. The number of hydrogen-bond acceptors (Lipinski definition) is 5. The molecule has 0 saturated heterocycles. The third-order valence-electron chi connectivity index (χ3n) is 3.84. The fourth-order valence-corrected chi connectivity index (χ4v) is 2.40. The predicted octanol–water partition coefficient (Wildman–Crippen LogP) is 1.25. The number of benzene rings is 1. The fraction of sp³-hybridized carbons (Fsp3) is 0.444. The van der Waals surface area contributed by atoms with Crippen LogP contribution in [0, 0.1) is 0 Å². The van der Waals surface area contributed by atoms with Gasteiger partial charge in [-0.15, -0.1) is 0 Å². The molecule has 0 radical (unpaired) electrons. The van der Waals surface area contributed by atoms with Crippen molar-refractivity contribution in [3.05, 3.63) is 35.9 Å². The number of amides is 4. The van der Waals surface area contributed by atoms with Gasteiger partial charge in [0.1, 0.15) is 18.7 Å². The molecule has 0 spiro atoms. The quantitative estimate of drug-likeness (QED) is 0.320. The van der Waals surface area contributed by atoms with E-state index >= 15 is 0 Å². The van der Waals surface area contributed by atoms with E-state index in [1.54, 1.807) is 30.3 Å². The summed E-state index contributed by atoms with van der Waals surface area (Å²) in [7, 11) is 0. The van der Waals surface area contributed by atoms with Gasteiger partial charge in [-0.1, -0.05) is 30.3 Å². The minimum atomic E-state index is -4.82. The summed E-state index contributed by atoms with van der Waals surface area (Å²) < 4.78 is 43.4. The molecule has 0 aliphatic rings. The number of nitrogens with one attached hydrogen (secondary N) is 3. The number of primary amides is 1. The molecule has 1 aromatic carbocycles. The summed E-state index contributed by atoms with van der Waals surface area (Å²) in [4.78, 5) is 46.0. The Morgan fingerprint density at radius 2 is 1.71 bits per heavy atom. The molecule has 10 nitrogen and oxygen atoms in total. The van der Waals surface area contributed by atoms with Gasteiger partial charge in [0.25, 0.3) is 0 Å². The Kier molecular flexibility index (Phi) is 10.1. The minimum Gasteiger partial charge on any atom is -0.480 e. The molecule has 4 amide bonds. The van der Waals surface area contributed by atoms with Crippen molar-refractivity contribution in [1.82, 2.24) is 16.0 Å². The molecule has 6 N–H and O–H groups in total. The van der Waals surface area contributed by atoms with E-state index in [1.165, 1.54) is 0 Å². The molecule has 0 bridgehead atoms. The molecule has 0 aliphatic heterocycles. The number of ether oxygens (including phenoxy) is 1. The van der Waals surface area contributed by atoms with Crippen LogP contribution in [0.15, 0.2) is 30.3 Å². The Morgan fingerprint density at radius 1 is 1.06 bits per heavy atom. The van der Waals surface area contributed by atoms with E-state index in [0.717, 1.165) is 0 Å². The van der Waals surface area contributed by atoms with Gasteiger partial charge in [0, 0.05) is 6.54 Å². The first-order valence-corrected chi connectivity index (χ1v) is 9.08. The van der Waals surface area contributed by atoms with Gasteiger partial charge in [0.05, 0.1) is 6.42 Å². The van der Waals surface area contributed by atoms with Gasteiger partial charge in [-0.3, -0.25) is 4.79 Å². The number of alkyl carbamates (subject to hydrolysis) is 1. The Labute approximate surface area is 175 Å². The molecule has 0 aromatic heterocycles. The topological polar surface area (TPSA) is 160 Å². The molecule has 1 rings (SSSR count). The molecule has 13 heteroatoms. The van der Waals surface area contributed by atoms with Crippen LogP contribution in [0.5, 0.6) is 0 Å². The Hall–Kier alpha value is -3.51. The lowest BCUT2D eigenvalue weighted by Crippen LogP contribution is -2.53. The third kappa shape index (κ3) is 11.3. The fourth-order valence-electron chi connectivity index (χ4n) is 2.40. The van der Waals surface area contributed by atoms with Crippen molar-refractivity contribution in [2.24, 2.45) is 5.73 Å². The number of alkyl halides is 3. The highest BCUT2D eigenvalue weighted by atomic mass is 19.4. The van der Waals surface area contributed by atoms with Crippen molar-refractivity contribution >= 4 is 24.0 Å². The first kappa shape index (κ1) is 25.5. The summed E-state index contributed by atoms with van der Waals surface area (Å²) in [5.41, 5.74) is 5.44.